The molecule has 1 atom stereocenters. The van der Waals surface area contributed by atoms with Gasteiger partial charge in [-0.15, -0.1) is 0 Å². The van der Waals surface area contributed by atoms with Crippen molar-refractivity contribution in [2.75, 3.05) is 13.1 Å². The molecule has 1 aliphatic heterocycles. The summed E-state index contributed by atoms with van der Waals surface area (Å²) in [6.07, 6.45) is -2.86. The summed E-state index contributed by atoms with van der Waals surface area (Å²) < 4.78 is 41.2. The van der Waals surface area contributed by atoms with E-state index in [1.54, 1.807) is 0 Å². The maximum atomic E-state index is 13.2. The van der Waals surface area contributed by atoms with Crippen molar-refractivity contribution < 1.29 is 27.9 Å². The average Bonchev–Trinajstić information content (AvgIpc) is 3.22. The Morgan fingerprint density at radius 3 is 2.50 bits per heavy atom. The molecule has 2 aromatic rings. The molecule has 9 heteroatoms. The zero-order valence-electron chi connectivity index (χ0n) is 13.6. The summed E-state index contributed by atoms with van der Waals surface area (Å²) in [6, 6.07) is 9.35. The van der Waals surface area contributed by atoms with E-state index in [9.17, 15) is 22.8 Å². The van der Waals surface area contributed by atoms with Crippen molar-refractivity contribution in [2.45, 2.75) is 19.1 Å². The predicted molar refractivity (Wildman–Crippen MR) is 84.4 cm³/mol. The van der Waals surface area contributed by atoms with Crippen LogP contribution in [-0.2, 0) is 11.3 Å². The third-order valence-electron chi connectivity index (χ3n) is 4.58. The van der Waals surface area contributed by atoms with E-state index >= 15 is 0 Å². The van der Waals surface area contributed by atoms with E-state index in [2.05, 4.69) is 5.10 Å². The molecule has 138 valence electrons. The number of likely N-dealkylation sites (tertiary alicyclic amines) is 1. The number of hydrogen-bond acceptors (Lipinski definition) is 3. The van der Waals surface area contributed by atoms with E-state index < -0.39 is 36.4 Å². The minimum absolute atomic E-state index is 0.129. The van der Waals surface area contributed by atoms with Crippen LogP contribution < -0.4 is 0 Å². The fourth-order valence-corrected chi connectivity index (χ4v) is 3.02. The van der Waals surface area contributed by atoms with E-state index in [0.717, 1.165) is 10.5 Å². The van der Waals surface area contributed by atoms with Gasteiger partial charge in [-0.05, 0) is 12.0 Å². The van der Waals surface area contributed by atoms with Gasteiger partial charge in [0.15, 0.2) is 5.41 Å². The standard InChI is InChI=1S/C17H16F3N3O3/c18-17(19,20)16(15(25)26)6-7-22(11-16)14(24)13-8-21-23(10-13)9-12-4-2-1-3-5-12/h1-5,8,10H,6-7,9,11H2,(H,25,26). The highest BCUT2D eigenvalue weighted by atomic mass is 19.4. The first-order chi connectivity index (χ1) is 12.2. The van der Waals surface area contributed by atoms with E-state index in [0.29, 0.717) is 6.54 Å². The summed E-state index contributed by atoms with van der Waals surface area (Å²) in [5, 5.41) is 13.1. The Labute approximate surface area is 146 Å². The molecule has 1 unspecified atom stereocenters. The molecule has 0 radical (unpaired) electrons. The van der Waals surface area contributed by atoms with Gasteiger partial charge in [0.2, 0.25) is 0 Å². The number of carboxylic acids is 1. The molecule has 0 spiro atoms. The summed E-state index contributed by atoms with van der Waals surface area (Å²) in [5.74, 6) is -2.61. The molecule has 1 N–H and O–H groups in total. The Hall–Kier alpha value is -2.84. The predicted octanol–water partition coefficient (Wildman–Crippen LogP) is 2.41. The van der Waals surface area contributed by atoms with Gasteiger partial charge in [-0.3, -0.25) is 14.3 Å². The summed E-state index contributed by atoms with van der Waals surface area (Å²) >= 11 is 0. The zero-order valence-corrected chi connectivity index (χ0v) is 13.6. The van der Waals surface area contributed by atoms with E-state index in [4.69, 9.17) is 5.11 Å². The van der Waals surface area contributed by atoms with E-state index in [1.165, 1.54) is 17.1 Å². The molecule has 1 aliphatic rings. The van der Waals surface area contributed by atoms with Crippen molar-refractivity contribution in [1.29, 1.82) is 0 Å². The van der Waals surface area contributed by atoms with Crippen LogP contribution in [0.3, 0.4) is 0 Å². The smallest absolute Gasteiger partial charge is 0.406 e. The number of nitrogens with zero attached hydrogens (tertiary/aromatic N) is 3. The number of alkyl halides is 3. The van der Waals surface area contributed by atoms with E-state index in [1.807, 2.05) is 30.3 Å². The molecule has 1 aromatic carbocycles. The lowest BCUT2D eigenvalue weighted by molar-refractivity contribution is -0.227. The first kappa shape index (κ1) is 18.0. The number of benzene rings is 1. The Balaban J connectivity index is 1.74. The number of carbonyl (C=O) groups is 2. The SMILES string of the molecule is O=C(c1cnn(Cc2ccccc2)c1)N1CCC(C(=O)O)(C(F)(F)F)C1. The van der Waals surface area contributed by atoms with Gasteiger partial charge < -0.3 is 10.0 Å². The van der Waals surface area contributed by atoms with Gasteiger partial charge in [-0.2, -0.15) is 18.3 Å². The molecule has 3 rings (SSSR count). The number of amides is 1. The summed E-state index contributed by atoms with van der Waals surface area (Å²) in [6.45, 7) is -0.751. The van der Waals surface area contributed by atoms with Gasteiger partial charge in [0.05, 0.1) is 18.3 Å². The number of aliphatic carboxylic acids is 1. The Morgan fingerprint density at radius 1 is 1.23 bits per heavy atom. The molecule has 0 bridgehead atoms. The van der Waals surface area contributed by atoms with Crippen LogP contribution in [0.1, 0.15) is 22.3 Å². The van der Waals surface area contributed by atoms with Gasteiger partial charge in [0.1, 0.15) is 0 Å². The summed E-state index contributed by atoms with van der Waals surface area (Å²) in [7, 11) is 0. The van der Waals surface area contributed by atoms with Gasteiger partial charge in [0, 0.05) is 19.3 Å². The van der Waals surface area contributed by atoms with Crippen LogP contribution in [0.5, 0.6) is 0 Å². The van der Waals surface area contributed by atoms with Crippen LogP contribution in [0.15, 0.2) is 42.7 Å². The lowest BCUT2D eigenvalue weighted by Gasteiger charge is -2.27. The summed E-state index contributed by atoms with van der Waals surface area (Å²) in [5.41, 5.74) is -1.83. The van der Waals surface area contributed by atoms with Gasteiger partial charge in [0.25, 0.3) is 5.91 Å². The molecule has 26 heavy (non-hydrogen) atoms. The first-order valence-electron chi connectivity index (χ1n) is 7.89. The number of halogens is 3. The van der Waals surface area contributed by atoms with Crippen molar-refractivity contribution in [3.63, 3.8) is 0 Å². The first-order valence-corrected chi connectivity index (χ1v) is 7.89. The van der Waals surface area contributed by atoms with Crippen LogP contribution in [0.25, 0.3) is 0 Å². The molecule has 6 nitrogen and oxygen atoms in total. The third-order valence-corrected chi connectivity index (χ3v) is 4.58. The Kier molecular flexibility index (Phi) is 4.47. The fourth-order valence-electron chi connectivity index (χ4n) is 3.02. The molecule has 1 fully saturated rings. The quantitative estimate of drug-likeness (QED) is 0.901. The molecule has 2 heterocycles. The maximum absolute atomic E-state index is 13.2. The van der Waals surface area contributed by atoms with Crippen molar-refractivity contribution in [3.05, 3.63) is 53.9 Å². The van der Waals surface area contributed by atoms with Crippen LogP contribution in [0.2, 0.25) is 0 Å². The number of hydrogen-bond donors (Lipinski definition) is 1. The minimum atomic E-state index is -4.93. The van der Waals surface area contributed by atoms with Crippen LogP contribution >= 0.6 is 0 Å². The number of aromatic nitrogens is 2. The van der Waals surface area contributed by atoms with Crippen molar-refractivity contribution in [1.82, 2.24) is 14.7 Å². The molecular weight excluding hydrogens is 351 g/mol. The highest BCUT2D eigenvalue weighted by molar-refractivity contribution is 5.94. The number of carboxylic acid groups (broad SMARTS) is 1. The van der Waals surface area contributed by atoms with E-state index in [-0.39, 0.29) is 12.1 Å². The van der Waals surface area contributed by atoms with Gasteiger partial charge in [-0.25, -0.2) is 0 Å². The van der Waals surface area contributed by atoms with Gasteiger partial charge in [-0.1, -0.05) is 30.3 Å². The molecule has 0 saturated carbocycles. The minimum Gasteiger partial charge on any atom is -0.481 e. The van der Waals surface area contributed by atoms with Crippen molar-refractivity contribution >= 4 is 11.9 Å². The number of carbonyl (C=O) groups excluding carboxylic acids is 1. The highest BCUT2D eigenvalue weighted by Crippen LogP contribution is 2.45. The van der Waals surface area contributed by atoms with Crippen molar-refractivity contribution in [2.24, 2.45) is 5.41 Å². The molecule has 0 aliphatic carbocycles. The summed E-state index contributed by atoms with van der Waals surface area (Å²) in [4.78, 5) is 24.6. The van der Waals surface area contributed by atoms with Gasteiger partial charge >= 0.3 is 12.1 Å². The lowest BCUT2D eigenvalue weighted by atomic mass is 9.86. The molecule has 1 saturated heterocycles. The number of rotatable bonds is 4. The van der Waals surface area contributed by atoms with Crippen molar-refractivity contribution in [3.8, 4) is 0 Å². The second-order valence-electron chi connectivity index (χ2n) is 6.27. The topological polar surface area (TPSA) is 75.4 Å². The van der Waals surface area contributed by atoms with Crippen LogP contribution in [0, 0.1) is 5.41 Å². The largest absolute Gasteiger partial charge is 0.481 e. The van der Waals surface area contributed by atoms with Crippen LogP contribution in [-0.4, -0.2) is 50.9 Å². The highest BCUT2D eigenvalue weighted by Gasteiger charge is 2.64. The monoisotopic (exact) mass is 367 g/mol. The second kappa shape index (κ2) is 6.47. The normalized spacial score (nSPS) is 20.3. The lowest BCUT2D eigenvalue weighted by Crippen LogP contribution is -2.47. The fraction of sp³-hybridized carbons (Fsp3) is 0.353. The molecule has 1 aromatic heterocycles. The zero-order chi connectivity index (χ0) is 18.9. The molecule has 1 amide bonds. The second-order valence-corrected chi connectivity index (χ2v) is 6.27. The Morgan fingerprint density at radius 2 is 1.92 bits per heavy atom. The molecular formula is C17H16F3N3O3. The average molecular weight is 367 g/mol. The Bertz CT molecular complexity index is 819. The third kappa shape index (κ3) is 3.16. The maximum Gasteiger partial charge on any atom is 0.406 e. The van der Waals surface area contributed by atoms with Crippen LogP contribution in [0.4, 0.5) is 13.2 Å².